The number of carbonyl (C=O) groups is 1. The van der Waals surface area contributed by atoms with Gasteiger partial charge in [-0.3, -0.25) is 4.79 Å². The molecule has 3 heteroatoms. The number of rotatable bonds is 5. The Kier molecular flexibility index (Phi) is 7.04. The molecule has 34 heavy (non-hydrogen) atoms. The van der Waals surface area contributed by atoms with Crippen LogP contribution in [0.5, 0.6) is 0 Å². The van der Waals surface area contributed by atoms with E-state index in [1.54, 1.807) is 0 Å². The Morgan fingerprint density at radius 2 is 1.97 bits per heavy atom. The molecule has 1 spiro atoms. The minimum atomic E-state index is -0.150. The van der Waals surface area contributed by atoms with Crippen LogP contribution in [0.25, 0.3) is 0 Å². The maximum atomic E-state index is 13.3. The first-order valence-corrected chi connectivity index (χ1v) is 13.2. The summed E-state index contributed by atoms with van der Waals surface area (Å²) in [5.74, 6) is 0.521. The first-order valence-electron chi connectivity index (χ1n) is 13.2. The van der Waals surface area contributed by atoms with Gasteiger partial charge >= 0.3 is 0 Å². The van der Waals surface area contributed by atoms with Crippen molar-refractivity contribution < 1.29 is 14.3 Å². The molecule has 5 rings (SSSR count). The number of ether oxygens (including phenoxy) is 2. The second-order valence-electron chi connectivity index (χ2n) is 10.6. The van der Waals surface area contributed by atoms with Crippen LogP contribution in [-0.4, -0.2) is 24.1 Å². The molecule has 2 fully saturated rings. The van der Waals surface area contributed by atoms with E-state index in [0.29, 0.717) is 5.92 Å². The van der Waals surface area contributed by atoms with Crippen molar-refractivity contribution >= 4 is 5.78 Å². The van der Waals surface area contributed by atoms with E-state index in [4.69, 9.17) is 9.47 Å². The highest BCUT2D eigenvalue weighted by molar-refractivity contribution is 6.05. The zero-order valence-electron chi connectivity index (χ0n) is 20.7. The number of ketones is 1. The van der Waals surface area contributed by atoms with Gasteiger partial charge in [-0.15, -0.1) is 0 Å². The summed E-state index contributed by atoms with van der Waals surface area (Å²) in [6.07, 6.45) is 17.8. The average Bonchev–Trinajstić information content (AvgIpc) is 2.85. The molecule has 1 aromatic carbocycles. The topological polar surface area (TPSA) is 35.5 Å². The van der Waals surface area contributed by atoms with Crippen molar-refractivity contribution in [3.63, 3.8) is 0 Å². The van der Waals surface area contributed by atoms with Crippen LogP contribution < -0.4 is 0 Å². The van der Waals surface area contributed by atoms with Crippen molar-refractivity contribution in [3.05, 3.63) is 82.5 Å². The molecular weight excluding hydrogens is 420 g/mol. The van der Waals surface area contributed by atoms with Gasteiger partial charge in [-0.25, -0.2) is 0 Å². The molecule has 3 nitrogen and oxygen atoms in total. The van der Waals surface area contributed by atoms with E-state index in [-0.39, 0.29) is 23.6 Å². The van der Waals surface area contributed by atoms with Crippen molar-refractivity contribution in [1.29, 1.82) is 0 Å². The highest BCUT2D eigenvalue weighted by atomic mass is 16.5. The molecule has 3 aliphatic carbocycles. The summed E-state index contributed by atoms with van der Waals surface area (Å²) in [6.45, 7) is 5.02. The molecule has 1 aromatic rings. The molecule has 1 aliphatic heterocycles. The van der Waals surface area contributed by atoms with Crippen molar-refractivity contribution in [2.45, 2.75) is 89.4 Å². The molecule has 0 aromatic heterocycles. The van der Waals surface area contributed by atoms with Gasteiger partial charge in [0.05, 0.1) is 17.8 Å². The predicted molar refractivity (Wildman–Crippen MR) is 136 cm³/mol. The summed E-state index contributed by atoms with van der Waals surface area (Å²) >= 11 is 0. The van der Waals surface area contributed by atoms with Gasteiger partial charge < -0.3 is 9.47 Å². The summed E-state index contributed by atoms with van der Waals surface area (Å²) in [4.78, 5) is 13.3. The first-order chi connectivity index (χ1) is 16.5. The van der Waals surface area contributed by atoms with Gasteiger partial charge in [-0.2, -0.15) is 0 Å². The van der Waals surface area contributed by atoms with Gasteiger partial charge in [0.2, 0.25) is 0 Å². The van der Waals surface area contributed by atoms with Crippen LogP contribution >= 0.6 is 0 Å². The van der Waals surface area contributed by atoms with E-state index < -0.39 is 0 Å². The molecule has 0 bridgehead atoms. The quantitative estimate of drug-likeness (QED) is 0.432. The van der Waals surface area contributed by atoms with E-state index >= 15 is 0 Å². The molecule has 180 valence electrons. The van der Waals surface area contributed by atoms with Crippen LogP contribution in [0, 0.1) is 5.92 Å². The van der Waals surface area contributed by atoms with Crippen molar-refractivity contribution in [2.75, 3.05) is 6.61 Å². The molecule has 0 amide bonds. The summed E-state index contributed by atoms with van der Waals surface area (Å²) < 4.78 is 12.9. The van der Waals surface area contributed by atoms with E-state index in [1.807, 2.05) is 6.08 Å². The average molecular weight is 459 g/mol. The lowest BCUT2D eigenvalue weighted by Crippen LogP contribution is -2.45. The van der Waals surface area contributed by atoms with E-state index in [0.717, 1.165) is 70.0 Å². The Morgan fingerprint density at radius 1 is 1.18 bits per heavy atom. The van der Waals surface area contributed by atoms with Gasteiger partial charge in [-0.1, -0.05) is 60.6 Å². The number of allylic oxidation sites excluding steroid dienone is 8. The highest BCUT2D eigenvalue weighted by Crippen LogP contribution is 2.47. The number of carbonyl (C=O) groups excluding carboxylic acids is 1. The molecule has 3 unspecified atom stereocenters. The lowest BCUT2D eigenvalue weighted by atomic mass is 9.74. The molecule has 0 radical (unpaired) electrons. The first kappa shape index (κ1) is 23.5. The van der Waals surface area contributed by atoms with E-state index in [1.165, 1.54) is 22.3 Å². The lowest BCUT2D eigenvalue weighted by Gasteiger charge is -2.47. The van der Waals surface area contributed by atoms with E-state index in [2.05, 4.69) is 62.4 Å². The third-order valence-corrected chi connectivity index (χ3v) is 8.18. The zero-order valence-corrected chi connectivity index (χ0v) is 20.7. The minimum Gasteiger partial charge on any atom is -0.378 e. The second kappa shape index (κ2) is 10.2. The molecule has 1 saturated carbocycles. The van der Waals surface area contributed by atoms with Gasteiger partial charge in [0.1, 0.15) is 0 Å². The Hall–Kier alpha value is -2.23. The maximum Gasteiger partial charge on any atom is 0.182 e. The summed E-state index contributed by atoms with van der Waals surface area (Å²) in [7, 11) is 0. The summed E-state index contributed by atoms with van der Waals surface area (Å²) in [5.41, 5.74) is 6.14. The molecular formula is C31H38O3. The van der Waals surface area contributed by atoms with Crippen molar-refractivity contribution in [1.82, 2.24) is 0 Å². The summed E-state index contributed by atoms with van der Waals surface area (Å²) in [5, 5.41) is 0. The van der Waals surface area contributed by atoms with Crippen molar-refractivity contribution in [2.24, 2.45) is 5.92 Å². The van der Waals surface area contributed by atoms with Gasteiger partial charge in [0.25, 0.3) is 0 Å². The Bertz CT molecular complexity index is 1020. The number of hydrogen-bond acceptors (Lipinski definition) is 3. The maximum absolute atomic E-state index is 13.3. The Labute approximate surface area is 204 Å². The fourth-order valence-electron chi connectivity index (χ4n) is 6.33. The molecule has 3 atom stereocenters. The Balaban J connectivity index is 1.28. The third-order valence-electron chi connectivity index (χ3n) is 8.18. The minimum absolute atomic E-state index is 0.0814. The fraction of sp³-hybridized carbons (Fsp3) is 0.516. The van der Waals surface area contributed by atoms with Gasteiger partial charge in [0, 0.05) is 25.0 Å². The molecule has 1 heterocycles. The van der Waals surface area contributed by atoms with Crippen LogP contribution in [0.2, 0.25) is 0 Å². The standard InChI is InChI=1S/C31H38O3/c1-3-33-27-20-30(24-9-5-4-6-10-24)34-31(21-27)15-13-23(14-16-31)18-29(32)28-19-26-12-8-7-11-25(26)17-22(28)2/h4-6,8-10,12,18-19,22,27,30H,3,7,11,13-17,20-21H2,1-2H3. The lowest BCUT2D eigenvalue weighted by molar-refractivity contribution is -0.184. The fourth-order valence-corrected chi connectivity index (χ4v) is 6.33. The molecule has 0 N–H and O–H groups in total. The monoisotopic (exact) mass is 458 g/mol. The Morgan fingerprint density at radius 3 is 2.74 bits per heavy atom. The predicted octanol–water partition coefficient (Wildman–Crippen LogP) is 7.36. The zero-order chi connectivity index (χ0) is 23.5. The summed E-state index contributed by atoms with van der Waals surface area (Å²) in [6, 6.07) is 10.6. The van der Waals surface area contributed by atoms with Crippen LogP contribution in [0.15, 0.2) is 76.9 Å². The highest BCUT2D eigenvalue weighted by Gasteiger charge is 2.44. The molecule has 4 aliphatic rings. The van der Waals surface area contributed by atoms with Gasteiger partial charge in [0.15, 0.2) is 5.78 Å². The largest absolute Gasteiger partial charge is 0.378 e. The third kappa shape index (κ3) is 5.06. The van der Waals surface area contributed by atoms with Crippen LogP contribution in [0.1, 0.15) is 83.3 Å². The number of hydrogen-bond donors (Lipinski definition) is 0. The van der Waals surface area contributed by atoms with Crippen LogP contribution in [0.3, 0.4) is 0 Å². The second-order valence-corrected chi connectivity index (χ2v) is 10.6. The van der Waals surface area contributed by atoms with Crippen LogP contribution in [0.4, 0.5) is 0 Å². The van der Waals surface area contributed by atoms with Crippen molar-refractivity contribution in [3.8, 4) is 0 Å². The smallest absolute Gasteiger partial charge is 0.182 e. The number of benzene rings is 1. The van der Waals surface area contributed by atoms with Crippen LogP contribution in [-0.2, 0) is 14.3 Å². The normalized spacial score (nSPS) is 31.3. The molecule has 1 saturated heterocycles. The van der Waals surface area contributed by atoms with E-state index in [9.17, 15) is 4.79 Å². The van der Waals surface area contributed by atoms with Gasteiger partial charge in [-0.05, 0) is 81.1 Å². The SMILES string of the molecule is CCOC1CC(c2ccccc2)OC2(CCC(=CC(=O)C3=CC4=C(CCC=C4)CC3C)CC2)C1.